The molecule has 0 fully saturated rings. The summed E-state index contributed by atoms with van der Waals surface area (Å²) >= 11 is 13.6. The molecule has 1 aliphatic heterocycles. The van der Waals surface area contributed by atoms with E-state index in [-0.39, 0.29) is 30.3 Å². The van der Waals surface area contributed by atoms with Crippen LogP contribution in [0.5, 0.6) is 5.75 Å². The van der Waals surface area contributed by atoms with E-state index in [1.807, 2.05) is 30.3 Å². The largest absolute Gasteiger partial charge is 0.487 e. The number of rotatable bonds is 9. The molecule has 1 aliphatic rings. The molecule has 45 heavy (non-hydrogen) atoms. The van der Waals surface area contributed by atoms with Crippen LogP contribution in [-0.2, 0) is 20.9 Å². The molecule has 1 aromatic heterocycles. The predicted octanol–water partition coefficient (Wildman–Crippen LogP) is 6.57. The van der Waals surface area contributed by atoms with Crippen molar-refractivity contribution in [2.75, 3.05) is 13.2 Å². The summed E-state index contributed by atoms with van der Waals surface area (Å²) in [6.07, 6.45) is 1.77. The number of benzene rings is 3. The topological polar surface area (TPSA) is 96.2 Å². The maximum Gasteiger partial charge on any atom is 0.338 e. The third-order valence-electron chi connectivity index (χ3n) is 6.89. The number of carbonyl (C=O) groups is 2. The highest BCUT2D eigenvalue weighted by Gasteiger charge is 2.34. The summed E-state index contributed by atoms with van der Waals surface area (Å²) in [4.78, 5) is 44.4. The number of hydrogen-bond acceptors (Lipinski definition) is 8. The quantitative estimate of drug-likeness (QED) is 0.140. The van der Waals surface area contributed by atoms with Gasteiger partial charge in [0.1, 0.15) is 18.4 Å². The lowest BCUT2D eigenvalue weighted by atomic mass is 9.96. The van der Waals surface area contributed by atoms with Crippen LogP contribution >= 0.6 is 61.5 Å². The van der Waals surface area contributed by atoms with Crippen LogP contribution in [0.15, 0.2) is 86.2 Å². The molecule has 12 heteroatoms. The molecule has 0 spiro atoms. The van der Waals surface area contributed by atoms with Gasteiger partial charge in [0.25, 0.3) is 5.56 Å². The number of hydrogen-bond donors (Lipinski definition) is 0. The van der Waals surface area contributed by atoms with Crippen LogP contribution in [0, 0.1) is 3.57 Å². The van der Waals surface area contributed by atoms with Crippen molar-refractivity contribution in [1.29, 1.82) is 0 Å². The summed E-state index contributed by atoms with van der Waals surface area (Å²) in [5, 5.41) is 0.418. The molecule has 2 heterocycles. The van der Waals surface area contributed by atoms with Crippen molar-refractivity contribution in [1.82, 2.24) is 4.57 Å². The number of aromatic nitrogens is 1. The molecular weight excluding hydrogens is 795 g/mol. The Balaban J connectivity index is 1.57. The van der Waals surface area contributed by atoms with Gasteiger partial charge in [-0.1, -0.05) is 69.2 Å². The van der Waals surface area contributed by atoms with Gasteiger partial charge in [-0.25, -0.2) is 14.6 Å². The minimum absolute atomic E-state index is 0.176. The van der Waals surface area contributed by atoms with Crippen LogP contribution in [0.25, 0.3) is 6.08 Å². The van der Waals surface area contributed by atoms with Crippen LogP contribution < -0.4 is 19.6 Å². The monoisotopic (exact) mass is 820 g/mol. The highest BCUT2D eigenvalue weighted by atomic mass is 127. The standard InChI is InChI=1S/C33H27BrClIN2O6S/c1-4-42-31(40)20-12-10-19(11-13-20)17-44-29-21(14-22(34)16-25(29)36)15-26-30(39)38-28(23-8-6-7-9-24(23)35)27(32(41)43-5-2)18(3)37-33(38)45-26/h6-16,28H,4-5,17H2,1-3H3/b26-15-/t28-/m0/s1. The van der Waals surface area contributed by atoms with E-state index in [9.17, 15) is 14.4 Å². The number of esters is 2. The average Bonchev–Trinajstić information content (AvgIpc) is 3.30. The predicted molar refractivity (Wildman–Crippen MR) is 185 cm³/mol. The summed E-state index contributed by atoms with van der Waals surface area (Å²) in [5.41, 5.74) is 2.99. The van der Waals surface area contributed by atoms with Gasteiger partial charge in [-0.15, -0.1) is 0 Å². The second-order valence-corrected chi connectivity index (χ2v) is 13.3. The Morgan fingerprint density at radius 3 is 2.44 bits per heavy atom. The molecule has 3 aromatic carbocycles. The second-order valence-electron chi connectivity index (χ2n) is 9.84. The molecular formula is C33H27BrClIN2O6S. The lowest BCUT2D eigenvalue weighted by molar-refractivity contribution is -0.139. The van der Waals surface area contributed by atoms with Gasteiger partial charge in [-0.3, -0.25) is 9.36 Å². The number of nitrogens with zero attached hydrogens (tertiary/aromatic N) is 2. The van der Waals surface area contributed by atoms with Gasteiger partial charge in [0, 0.05) is 15.1 Å². The van der Waals surface area contributed by atoms with Crippen molar-refractivity contribution in [3.8, 4) is 5.75 Å². The zero-order chi connectivity index (χ0) is 32.2. The van der Waals surface area contributed by atoms with Crippen LogP contribution in [0.1, 0.15) is 53.9 Å². The van der Waals surface area contributed by atoms with Crippen LogP contribution in [0.2, 0.25) is 5.02 Å². The van der Waals surface area contributed by atoms with Gasteiger partial charge in [0.2, 0.25) is 0 Å². The molecule has 0 amide bonds. The summed E-state index contributed by atoms with van der Waals surface area (Å²) < 4.78 is 20.3. The van der Waals surface area contributed by atoms with Gasteiger partial charge < -0.3 is 14.2 Å². The Morgan fingerprint density at radius 1 is 1.07 bits per heavy atom. The Labute approximate surface area is 290 Å². The van der Waals surface area contributed by atoms with Gasteiger partial charge in [-0.05, 0) is 90.9 Å². The molecule has 4 aromatic rings. The van der Waals surface area contributed by atoms with E-state index in [4.69, 9.17) is 25.8 Å². The van der Waals surface area contributed by atoms with E-state index in [0.29, 0.717) is 49.1 Å². The molecule has 5 rings (SSSR count). The fourth-order valence-corrected chi connectivity index (χ4v) is 7.85. The maximum absolute atomic E-state index is 14.1. The van der Waals surface area contributed by atoms with Crippen molar-refractivity contribution in [3.63, 3.8) is 0 Å². The highest BCUT2D eigenvalue weighted by Crippen LogP contribution is 2.35. The molecule has 0 saturated heterocycles. The van der Waals surface area contributed by atoms with E-state index >= 15 is 0 Å². The Kier molecular flexibility index (Phi) is 10.6. The van der Waals surface area contributed by atoms with Crippen molar-refractivity contribution in [3.05, 3.63) is 127 Å². The number of thiazole rings is 1. The lowest BCUT2D eigenvalue weighted by Gasteiger charge is -2.25. The summed E-state index contributed by atoms with van der Waals surface area (Å²) in [6.45, 7) is 5.94. The van der Waals surface area contributed by atoms with E-state index in [0.717, 1.165) is 13.6 Å². The molecule has 1 atom stereocenters. The zero-order valence-corrected chi connectivity index (χ0v) is 29.8. The number of carbonyl (C=O) groups excluding carboxylic acids is 2. The first kappa shape index (κ1) is 33.1. The van der Waals surface area contributed by atoms with Crippen LogP contribution in [0.3, 0.4) is 0 Å². The first-order valence-electron chi connectivity index (χ1n) is 13.9. The molecule has 0 bridgehead atoms. The minimum Gasteiger partial charge on any atom is -0.487 e. The normalized spacial score (nSPS) is 14.5. The summed E-state index contributed by atoms with van der Waals surface area (Å²) in [7, 11) is 0. The van der Waals surface area contributed by atoms with Crippen molar-refractivity contribution in [2.24, 2.45) is 4.99 Å². The Hall–Kier alpha value is -3.26. The number of fused-ring (bicyclic) bond motifs is 1. The van der Waals surface area contributed by atoms with Gasteiger partial charge in [-0.2, -0.15) is 0 Å². The SMILES string of the molecule is CCOC(=O)C1=C(C)N=c2s/c(=C\c3cc(Br)cc(I)c3OCc3ccc(C(=O)OCC)cc3)c(=O)n2[C@H]1c1ccccc1Cl. The zero-order valence-electron chi connectivity index (χ0n) is 24.4. The highest BCUT2D eigenvalue weighted by molar-refractivity contribution is 14.1. The minimum atomic E-state index is -0.813. The molecule has 0 saturated carbocycles. The Bertz CT molecular complexity index is 2000. The number of halogens is 3. The van der Waals surface area contributed by atoms with E-state index in [1.165, 1.54) is 15.9 Å². The molecule has 0 N–H and O–H groups in total. The van der Waals surface area contributed by atoms with Gasteiger partial charge in [0.15, 0.2) is 4.80 Å². The van der Waals surface area contributed by atoms with E-state index < -0.39 is 12.0 Å². The number of allylic oxidation sites excluding steroid dienone is 1. The van der Waals surface area contributed by atoms with E-state index in [1.54, 1.807) is 57.2 Å². The van der Waals surface area contributed by atoms with Gasteiger partial charge >= 0.3 is 11.9 Å². The molecule has 8 nitrogen and oxygen atoms in total. The third-order valence-corrected chi connectivity index (χ3v) is 9.48. The number of ether oxygens (including phenoxy) is 3. The first-order valence-corrected chi connectivity index (χ1v) is 17.0. The lowest BCUT2D eigenvalue weighted by Crippen LogP contribution is -2.40. The molecule has 232 valence electrons. The van der Waals surface area contributed by atoms with Crippen LogP contribution in [0.4, 0.5) is 0 Å². The Morgan fingerprint density at radius 2 is 1.76 bits per heavy atom. The smallest absolute Gasteiger partial charge is 0.338 e. The fraction of sp³-hybridized carbons (Fsp3) is 0.212. The van der Waals surface area contributed by atoms with E-state index in [2.05, 4.69) is 43.5 Å². The van der Waals surface area contributed by atoms with Crippen molar-refractivity contribution >= 4 is 79.5 Å². The first-order chi connectivity index (χ1) is 21.6. The summed E-state index contributed by atoms with van der Waals surface area (Å²) in [5.74, 6) is -0.340. The molecule has 0 aliphatic carbocycles. The van der Waals surface area contributed by atoms with Crippen molar-refractivity contribution in [2.45, 2.75) is 33.4 Å². The molecule has 0 radical (unpaired) electrons. The second kappa shape index (κ2) is 14.4. The average molecular weight is 822 g/mol. The maximum atomic E-state index is 14.1. The van der Waals surface area contributed by atoms with Crippen LogP contribution in [-0.4, -0.2) is 29.7 Å². The van der Waals surface area contributed by atoms with Crippen molar-refractivity contribution < 1.29 is 23.8 Å². The molecule has 0 unspecified atom stereocenters. The third kappa shape index (κ3) is 7.11. The van der Waals surface area contributed by atoms with Gasteiger partial charge in [0.05, 0.1) is 38.1 Å². The summed E-state index contributed by atoms with van der Waals surface area (Å²) in [6, 6.07) is 17.1. The fourth-order valence-electron chi connectivity index (χ4n) is 4.87.